The van der Waals surface area contributed by atoms with Crippen LogP contribution >= 0.6 is 0 Å². The average Bonchev–Trinajstić information content (AvgIpc) is 2.40. The summed E-state index contributed by atoms with van der Waals surface area (Å²) in [7, 11) is 0. The molecule has 0 bridgehead atoms. The van der Waals surface area contributed by atoms with Crippen LogP contribution in [0.1, 0.15) is 73.1 Å². The third kappa shape index (κ3) is 3.22. The first-order valence-electron chi connectivity index (χ1n) is 8.75. The summed E-state index contributed by atoms with van der Waals surface area (Å²) in [5.41, 5.74) is 7.05. The SMILES string of the molecule is CC1CCC(C)N(C2(CN)CCC(C(C)(C)C)CC2)C1. The van der Waals surface area contributed by atoms with Gasteiger partial charge in [0.05, 0.1) is 0 Å². The van der Waals surface area contributed by atoms with Crippen molar-refractivity contribution in [2.24, 2.45) is 23.0 Å². The summed E-state index contributed by atoms with van der Waals surface area (Å²) in [6.45, 7) is 14.1. The first-order chi connectivity index (χ1) is 9.28. The highest BCUT2D eigenvalue weighted by Crippen LogP contribution is 2.45. The van der Waals surface area contributed by atoms with E-state index in [2.05, 4.69) is 39.5 Å². The molecule has 1 saturated heterocycles. The van der Waals surface area contributed by atoms with E-state index >= 15 is 0 Å². The lowest BCUT2D eigenvalue weighted by Crippen LogP contribution is -2.61. The maximum atomic E-state index is 6.29. The van der Waals surface area contributed by atoms with Crippen LogP contribution in [0, 0.1) is 17.3 Å². The van der Waals surface area contributed by atoms with Crippen LogP contribution in [0.3, 0.4) is 0 Å². The molecule has 0 aromatic rings. The minimum absolute atomic E-state index is 0.301. The Kier molecular flexibility index (Phi) is 4.86. The third-order valence-electron chi connectivity index (χ3n) is 6.25. The first kappa shape index (κ1) is 16.3. The number of piperidine rings is 1. The topological polar surface area (TPSA) is 29.3 Å². The van der Waals surface area contributed by atoms with Crippen molar-refractivity contribution in [2.45, 2.75) is 84.7 Å². The number of nitrogens with zero attached hydrogens (tertiary/aromatic N) is 1. The third-order valence-corrected chi connectivity index (χ3v) is 6.25. The molecule has 2 N–H and O–H groups in total. The molecule has 2 heteroatoms. The molecular weight excluding hydrogens is 244 g/mol. The summed E-state index contributed by atoms with van der Waals surface area (Å²) < 4.78 is 0. The molecule has 118 valence electrons. The quantitative estimate of drug-likeness (QED) is 0.827. The van der Waals surface area contributed by atoms with Gasteiger partial charge in [-0.05, 0) is 62.7 Å². The Bertz CT molecular complexity index is 310. The molecule has 2 rings (SSSR count). The maximum absolute atomic E-state index is 6.29. The Morgan fingerprint density at radius 2 is 1.65 bits per heavy atom. The fourth-order valence-corrected chi connectivity index (χ4v) is 4.58. The van der Waals surface area contributed by atoms with Gasteiger partial charge >= 0.3 is 0 Å². The van der Waals surface area contributed by atoms with Crippen molar-refractivity contribution in [1.82, 2.24) is 4.90 Å². The van der Waals surface area contributed by atoms with Gasteiger partial charge in [0.25, 0.3) is 0 Å². The molecular formula is C18H36N2. The molecule has 2 atom stereocenters. The van der Waals surface area contributed by atoms with Gasteiger partial charge in [-0.25, -0.2) is 0 Å². The van der Waals surface area contributed by atoms with Crippen LogP contribution in [0.2, 0.25) is 0 Å². The highest BCUT2D eigenvalue weighted by Gasteiger charge is 2.44. The van der Waals surface area contributed by atoms with Crippen molar-refractivity contribution in [1.29, 1.82) is 0 Å². The summed E-state index contributed by atoms with van der Waals surface area (Å²) in [6, 6.07) is 0.723. The second kappa shape index (κ2) is 5.96. The first-order valence-corrected chi connectivity index (χ1v) is 8.75. The lowest BCUT2D eigenvalue weighted by molar-refractivity contribution is -0.0310. The smallest absolute Gasteiger partial charge is 0.0334 e. The second-order valence-corrected chi connectivity index (χ2v) is 8.75. The van der Waals surface area contributed by atoms with Gasteiger partial charge in [0.2, 0.25) is 0 Å². The Balaban J connectivity index is 2.08. The predicted octanol–water partition coefficient (Wildman–Crippen LogP) is 4.04. The molecule has 0 aromatic heterocycles. The lowest BCUT2D eigenvalue weighted by atomic mass is 9.66. The number of nitrogens with two attached hydrogens (primary N) is 1. The monoisotopic (exact) mass is 280 g/mol. The summed E-state index contributed by atoms with van der Waals surface area (Å²) in [5, 5.41) is 0. The fourth-order valence-electron chi connectivity index (χ4n) is 4.58. The molecule has 2 unspecified atom stereocenters. The molecule has 2 fully saturated rings. The summed E-state index contributed by atoms with van der Waals surface area (Å²) in [6.07, 6.45) is 8.08. The summed E-state index contributed by atoms with van der Waals surface area (Å²) in [4.78, 5) is 2.79. The van der Waals surface area contributed by atoms with Gasteiger partial charge in [0.1, 0.15) is 0 Å². The fraction of sp³-hybridized carbons (Fsp3) is 1.00. The van der Waals surface area contributed by atoms with E-state index in [1.165, 1.54) is 45.1 Å². The Labute approximate surface area is 126 Å². The maximum Gasteiger partial charge on any atom is 0.0334 e. The van der Waals surface area contributed by atoms with E-state index < -0.39 is 0 Å². The van der Waals surface area contributed by atoms with E-state index in [4.69, 9.17) is 5.73 Å². The minimum Gasteiger partial charge on any atom is -0.329 e. The number of hydrogen-bond acceptors (Lipinski definition) is 2. The zero-order valence-electron chi connectivity index (χ0n) is 14.4. The molecule has 1 aliphatic carbocycles. The molecule has 0 amide bonds. The van der Waals surface area contributed by atoms with Gasteiger partial charge in [-0.2, -0.15) is 0 Å². The normalized spacial score (nSPS) is 40.8. The standard InChI is InChI=1S/C18H36N2/c1-14-6-7-15(2)20(12-14)18(13-19)10-8-16(9-11-18)17(3,4)5/h14-16H,6-13,19H2,1-5H3. The molecule has 1 saturated carbocycles. The highest BCUT2D eigenvalue weighted by molar-refractivity contribution is 5.00. The average molecular weight is 280 g/mol. The molecule has 1 heterocycles. The zero-order valence-corrected chi connectivity index (χ0v) is 14.4. The van der Waals surface area contributed by atoms with Crippen LogP contribution in [0.25, 0.3) is 0 Å². The van der Waals surface area contributed by atoms with E-state index in [1.807, 2.05) is 0 Å². The van der Waals surface area contributed by atoms with E-state index in [1.54, 1.807) is 0 Å². The molecule has 2 aliphatic rings. The molecule has 0 spiro atoms. The summed E-state index contributed by atoms with van der Waals surface area (Å²) in [5.74, 6) is 1.72. The van der Waals surface area contributed by atoms with E-state index in [9.17, 15) is 0 Å². The van der Waals surface area contributed by atoms with E-state index in [0.29, 0.717) is 11.0 Å². The van der Waals surface area contributed by atoms with Crippen molar-refractivity contribution in [2.75, 3.05) is 13.1 Å². The van der Waals surface area contributed by atoms with Crippen LogP contribution in [-0.4, -0.2) is 29.6 Å². The van der Waals surface area contributed by atoms with Crippen molar-refractivity contribution < 1.29 is 0 Å². The van der Waals surface area contributed by atoms with Crippen molar-refractivity contribution in [3.8, 4) is 0 Å². The zero-order chi connectivity index (χ0) is 15.0. The van der Waals surface area contributed by atoms with Crippen LogP contribution in [0.5, 0.6) is 0 Å². The van der Waals surface area contributed by atoms with Crippen molar-refractivity contribution in [3.05, 3.63) is 0 Å². The van der Waals surface area contributed by atoms with Gasteiger partial charge in [-0.3, -0.25) is 4.90 Å². The van der Waals surface area contributed by atoms with E-state index in [-0.39, 0.29) is 0 Å². The molecule has 1 aliphatic heterocycles. The van der Waals surface area contributed by atoms with Gasteiger partial charge in [0, 0.05) is 24.7 Å². The van der Waals surface area contributed by atoms with Crippen molar-refractivity contribution in [3.63, 3.8) is 0 Å². The highest BCUT2D eigenvalue weighted by atomic mass is 15.2. The minimum atomic E-state index is 0.301. The number of likely N-dealkylation sites (tertiary alicyclic amines) is 1. The molecule has 0 aromatic carbocycles. The van der Waals surface area contributed by atoms with Gasteiger partial charge < -0.3 is 5.73 Å². The van der Waals surface area contributed by atoms with Gasteiger partial charge in [0.15, 0.2) is 0 Å². The van der Waals surface area contributed by atoms with Crippen LogP contribution in [0.15, 0.2) is 0 Å². The van der Waals surface area contributed by atoms with Gasteiger partial charge in [-0.1, -0.05) is 27.7 Å². The number of hydrogen-bond donors (Lipinski definition) is 1. The number of rotatable bonds is 2. The lowest BCUT2D eigenvalue weighted by Gasteiger charge is -2.54. The Hall–Kier alpha value is -0.0800. The predicted molar refractivity (Wildman–Crippen MR) is 87.8 cm³/mol. The van der Waals surface area contributed by atoms with Crippen LogP contribution in [0.4, 0.5) is 0 Å². The molecule has 0 radical (unpaired) electrons. The van der Waals surface area contributed by atoms with Crippen LogP contribution in [-0.2, 0) is 0 Å². The van der Waals surface area contributed by atoms with Crippen molar-refractivity contribution >= 4 is 0 Å². The Morgan fingerprint density at radius 1 is 1.05 bits per heavy atom. The molecule has 2 nitrogen and oxygen atoms in total. The Morgan fingerprint density at radius 3 is 2.15 bits per heavy atom. The van der Waals surface area contributed by atoms with Gasteiger partial charge in [-0.15, -0.1) is 0 Å². The van der Waals surface area contributed by atoms with Crippen LogP contribution < -0.4 is 5.73 Å². The summed E-state index contributed by atoms with van der Waals surface area (Å²) >= 11 is 0. The second-order valence-electron chi connectivity index (χ2n) is 8.75. The van der Waals surface area contributed by atoms with E-state index in [0.717, 1.165) is 24.4 Å². The largest absolute Gasteiger partial charge is 0.329 e. The molecule has 20 heavy (non-hydrogen) atoms.